The molecule has 1 aromatic carbocycles. The van der Waals surface area contributed by atoms with Gasteiger partial charge in [0.25, 0.3) is 0 Å². The van der Waals surface area contributed by atoms with Gasteiger partial charge in [-0.05, 0) is 24.7 Å². The SMILES string of the molecule is CN(Cc1ccc2c(c1)OCO2)CC1(CN)COC1. The van der Waals surface area contributed by atoms with E-state index in [1.165, 1.54) is 5.56 Å². The first-order valence-corrected chi connectivity index (χ1v) is 6.56. The van der Waals surface area contributed by atoms with Gasteiger partial charge in [0.05, 0.1) is 13.2 Å². The smallest absolute Gasteiger partial charge is 0.231 e. The number of benzene rings is 1. The Balaban J connectivity index is 1.61. The molecule has 19 heavy (non-hydrogen) atoms. The van der Waals surface area contributed by atoms with Crippen LogP contribution in [0.3, 0.4) is 0 Å². The molecule has 5 heteroatoms. The summed E-state index contributed by atoms with van der Waals surface area (Å²) in [7, 11) is 2.11. The van der Waals surface area contributed by atoms with Gasteiger partial charge in [-0.25, -0.2) is 0 Å². The van der Waals surface area contributed by atoms with Crippen molar-refractivity contribution in [2.45, 2.75) is 6.54 Å². The summed E-state index contributed by atoms with van der Waals surface area (Å²) in [5, 5.41) is 0. The van der Waals surface area contributed by atoms with Gasteiger partial charge in [-0.15, -0.1) is 0 Å². The van der Waals surface area contributed by atoms with Crippen molar-refractivity contribution >= 4 is 0 Å². The monoisotopic (exact) mass is 264 g/mol. The van der Waals surface area contributed by atoms with Gasteiger partial charge in [0, 0.05) is 25.0 Å². The number of rotatable bonds is 5. The minimum absolute atomic E-state index is 0.144. The second-order valence-electron chi connectivity index (χ2n) is 5.56. The van der Waals surface area contributed by atoms with Gasteiger partial charge in [-0.1, -0.05) is 6.07 Å². The lowest BCUT2D eigenvalue weighted by Crippen LogP contribution is -2.54. The Morgan fingerprint density at radius 2 is 2.05 bits per heavy atom. The Kier molecular flexibility index (Phi) is 3.35. The van der Waals surface area contributed by atoms with Gasteiger partial charge in [0.2, 0.25) is 6.79 Å². The fourth-order valence-electron chi connectivity index (χ4n) is 2.64. The first kappa shape index (κ1) is 12.7. The van der Waals surface area contributed by atoms with Crippen LogP contribution in [0.4, 0.5) is 0 Å². The van der Waals surface area contributed by atoms with Crippen molar-refractivity contribution in [3.05, 3.63) is 23.8 Å². The van der Waals surface area contributed by atoms with E-state index in [1.54, 1.807) is 0 Å². The Hall–Kier alpha value is -1.30. The molecule has 0 amide bonds. The molecule has 2 aliphatic rings. The minimum Gasteiger partial charge on any atom is -0.454 e. The van der Waals surface area contributed by atoms with Crippen LogP contribution in [0.5, 0.6) is 11.5 Å². The predicted octanol–water partition coefficient (Wildman–Crippen LogP) is 0.822. The van der Waals surface area contributed by atoms with Crippen LogP contribution in [0.2, 0.25) is 0 Å². The van der Waals surface area contributed by atoms with Gasteiger partial charge in [0.15, 0.2) is 11.5 Å². The molecule has 3 rings (SSSR count). The highest BCUT2D eigenvalue weighted by atomic mass is 16.7. The molecular weight excluding hydrogens is 244 g/mol. The summed E-state index contributed by atoms with van der Waals surface area (Å²) in [5.74, 6) is 1.67. The molecule has 1 aromatic rings. The molecule has 104 valence electrons. The zero-order valence-electron chi connectivity index (χ0n) is 11.2. The van der Waals surface area contributed by atoms with Crippen LogP contribution in [-0.2, 0) is 11.3 Å². The summed E-state index contributed by atoms with van der Waals surface area (Å²) >= 11 is 0. The summed E-state index contributed by atoms with van der Waals surface area (Å²) < 4.78 is 16.0. The summed E-state index contributed by atoms with van der Waals surface area (Å²) in [5.41, 5.74) is 7.21. The standard InChI is InChI=1S/C14H20N2O3/c1-16(7-14(6-15)8-17-9-14)5-11-2-3-12-13(4-11)19-10-18-12/h2-4H,5-10,15H2,1H3. The van der Waals surface area contributed by atoms with Gasteiger partial charge < -0.3 is 24.8 Å². The average molecular weight is 264 g/mol. The fourth-order valence-corrected chi connectivity index (χ4v) is 2.64. The number of hydrogen-bond donors (Lipinski definition) is 1. The normalized spacial score (nSPS) is 19.5. The molecule has 1 fully saturated rings. The summed E-state index contributed by atoms with van der Waals surface area (Å²) in [4.78, 5) is 2.28. The lowest BCUT2D eigenvalue weighted by molar-refractivity contribution is -0.118. The second kappa shape index (κ2) is 5.00. The zero-order valence-corrected chi connectivity index (χ0v) is 11.2. The van der Waals surface area contributed by atoms with Crippen molar-refractivity contribution in [2.24, 2.45) is 11.1 Å². The van der Waals surface area contributed by atoms with Crippen LogP contribution in [-0.4, -0.2) is 45.0 Å². The quantitative estimate of drug-likeness (QED) is 0.853. The van der Waals surface area contributed by atoms with E-state index in [0.717, 1.165) is 37.8 Å². The van der Waals surface area contributed by atoms with E-state index in [4.69, 9.17) is 19.9 Å². The maximum atomic E-state index is 5.84. The predicted molar refractivity (Wildman–Crippen MR) is 71.2 cm³/mol. The van der Waals surface area contributed by atoms with E-state index < -0.39 is 0 Å². The molecule has 1 saturated heterocycles. The number of ether oxygens (including phenoxy) is 3. The molecule has 0 spiro atoms. The van der Waals surface area contributed by atoms with Crippen LogP contribution < -0.4 is 15.2 Å². The van der Waals surface area contributed by atoms with Crippen molar-refractivity contribution in [1.29, 1.82) is 0 Å². The summed E-state index contributed by atoms with van der Waals surface area (Å²) in [6, 6.07) is 6.10. The molecule has 5 nitrogen and oxygen atoms in total. The number of hydrogen-bond acceptors (Lipinski definition) is 5. The van der Waals surface area contributed by atoms with Crippen LogP contribution in [0.15, 0.2) is 18.2 Å². The second-order valence-corrected chi connectivity index (χ2v) is 5.56. The molecule has 0 saturated carbocycles. The van der Waals surface area contributed by atoms with Crippen LogP contribution in [0.1, 0.15) is 5.56 Å². The van der Waals surface area contributed by atoms with Gasteiger partial charge in [-0.2, -0.15) is 0 Å². The number of fused-ring (bicyclic) bond motifs is 1. The number of nitrogens with zero attached hydrogens (tertiary/aromatic N) is 1. The Labute approximate surface area is 113 Å². The third kappa shape index (κ3) is 2.54. The molecule has 0 radical (unpaired) electrons. The molecule has 0 atom stereocenters. The lowest BCUT2D eigenvalue weighted by atomic mass is 9.85. The molecule has 0 bridgehead atoms. The van der Waals surface area contributed by atoms with E-state index >= 15 is 0 Å². The van der Waals surface area contributed by atoms with Gasteiger partial charge in [0.1, 0.15) is 0 Å². The Morgan fingerprint density at radius 1 is 1.26 bits per heavy atom. The highest BCUT2D eigenvalue weighted by Gasteiger charge is 2.38. The Bertz CT molecular complexity index is 454. The van der Waals surface area contributed by atoms with Crippen molar-refractivity contribution in [3.63, 3.8) is 0 Å². The topological polar surface area (TPSA) is 57.0 Å². The molecule has 0 unspecified atom stereocenters. The van der Waals surface area contributed by atoms with E-state index in [2.05, 4.69) is 18.0 Å². The summed E-state index contributed by atoms with van der Waals surface area (Å²) in [6.07, 6.45) is 0. The molecule has 2 heterocycles. The van der Waals surface area contributed by atoms with Crippen LogP contribution in [0, 0.1) is 5.41 Å². The highest BCUT2D eigenvalue weighted by molar-refractivity contribution is 5.44. The third-order valence-electron chi connectivity index (χ3n) is 3.74. The maximum Gasteiger partial charge on any atom is 0.231 e. The first-order chi connectivity index (χ1) is 9.21. The number of nitrogens with two attached hydrogens (primary N) is 1. The Morgan fingerprint density at radius 3 is 2.74 bits per heavy atom. The van der Waals surface area contributed by atoms with Gasteiger partial charge in [-0.3, -0.25) is 0 Å². The van der Waals surface area contributed by atoms with Crippen LogP contribution >= 0.6 is 0 Å². The first-order valence-electron chi connectivity index (χ1n) is 6.56. The minimum atomic E-state index is 0.144. The van der Waals surface area contributed by atoms with Crippen molar-refractivity contribution in [1.82, 2.24) is 4.90 Å². The largest absolute Gasteiger partial charge is 0.454 e. The lowest BCUT2D eigenvalue weighted by Gasteiger charge is -2.43. The maximum absolute atomic E-state index is 5.84. The van der Waals surface area contributed by atoms with E-state index in [9.17, 15) is 0 Å². The summed E-state index contributed by atoms with van der Waals surface area (Å²) in [6.45, 7) is 4.38. The molecule has 0 aliphatic carbocycles. The zero-order chi connectivity index (χ0) is 13.3. The van der Waals surface area contributed by atoms with E-state index in [-0.39, 0.29) is 5.41 Å². The molecule has 2 aliphatic heterocycles. The van der Waals surface area contributed by atoms with Gasteiger partial charge >= 0.3 is 0 Å². The van der Waals surface area contributed by atoms with Crippen molar-refractivity contribution in [2.75, 3.05) is 40.1 Å². The van der Waals surface area contributed by atoms with Crippen molar-refractivity contribution in [3.8, 4) is 11.5 Å². The van der Waals surface area contributed by atoms with Crippen LogP contribution in [0.25, 0.3) is 0 Å². The fraction of sp³-hybridized carbons (Fsp3) is 0.571. The van der Waals surface area contributed by atoms with Crippen molar-refractivity contribution < 1.29 is 14.2 Å². The van der Waals surface area contributed by atoms with E-state index in [1.807, 2.05) is 12.1 Å². The highest BCUT2D eigenvalue weighted by Crippen LogP contribution is 2.33. The average Bonchev–Trinajstić information content (AvgIpc) is 2.81. The van der Waals surface area contributed by atoms with E-state index in [0.29, 0.717) is 13.3 Å². The third-order valence-corrected chi connectivity index (χ3v) is 3.74. The molecule has 2 N–H and O–H groups in total. The molecule has 0 aromatic heterocycles. The molecular formula is C14H20N2O3.